The zero-order chi connectivity index (χ0) is 15.4. The molecule has 0 saturated carbocycles. The van der Waals surface area contributed by atoms with Gasteiger partial charge in [0.15, 0.2) is 0 Å². The number of hydrogen-bond acceptors (Lipinski definition) is 4. The van der Waals surface area contributed by atoms with Crippen LogP contribution >= 0.6 is 0 Å². The van der Waals surface area contributed by atoms with Gasteiger partial charge in [0.2, 0.25) is 0 Å². The second-order valence-electron chi connectivity index (χ2n) is 4.76. The largest absolute Gasteiger partial charge is 0.497 e. The first kappa shape index (κ1) is 15.1. The van der Waals surface area contributed by atoms with Gasteiger partial charge in [0, 0.05) is 25.8 Å². The molecule has 0 radical (unpaired) electrons. The van der Waals surface area contributed by atoms with E-state index in [0.29, 0.717) is 17.9 Å². The van der Waals surface area contributed by atoms with Crippen molar-refractivity contribution in [2.45, 2.75) is 18.6 Å². The lowest BCUT2D eigenvalue weighted by molar-refractivity contribution is -0.141. The number of carbonyl (C=O) groups is 2. The van der Waals surface area contributed by atoms with Crippen LogP contribution in [0.15, 0.2) is 24.3 Å². The van der Waals surface area contributed by atoms with Crippen LogP contribution in [-0.2, 0) is 9.53 Å². The fourth-order valence-electron chi connectivity index (χ4n) is 2.30. The number of methoxy groups -OCH3 is 2. The van der Waals surface area contributed by atoms with Crippen LogP contribution in [0.2, 0.25) is 0 Å². The van der Waals surface area contributed by atoms with Crippen LogP contribution in [0.5, 0.6) is 5.75 Å². The van der Waals surface area contributed by atoms with Gasteiger partial charge < -0.3 is 24.8 Å². The van der Waals surface area contributed by atoms with Crippen molar-refractivity contribution >= 4 is 17.7 Å². The van der Waals surface area contributed by atoms with Crippen molar-refractivity contribution in [3.8, 4) is 5.75 Å². The third kappa shape index (κ3) is 3.43. The number of benzene rings is 1. The van der Waals surface area contributed by atoms with Crippen molar-refractivity contribution < 1.29 is 24.2 Å². The SMILES string of the molecule is COc1ccc(NC(=O)N2CC(OC)CC2C(=O)O)cc1. The Morgan fingerprint density at radius 1 is 1.29 bits per heavy atom. The summed E-state index contributed by atoms with van der Waals surface area (Å²) < 4.78 is 10.2. The van der Waals surface area contributed by atoms with E-state index in [1.54, 1.807) is 31.4 Å². The Hall–Kier alpha value is -2.28. The number of nitrogens with zero attached hydrogens (tertiary/aromatic N) is 1. The van der Waals surface area contributed by atoms with Crippen LogP contribution in [0, 0.1) is 0 Å². The lowest BCUT2D eigenvalue weighted by atomic mass is 10.2. The number of hydrogen-bond donors (Lipinski definition) is 2. The molecule has 2 amide bonds. The van der Waals surface area contributed by atoms with E-state index in [9.17, 15) is 14.7 Å². The molecule has 2 atom stereocenters. The molecule has 1 fully saturated rings. The van der Waals surface area contributed by atoms with Gasteiger partial charge in [-0.3, -0.25) is 0 Å². The molecule has 1 saturated heterocycles. The number of nitrogens with one attached hydrogen (secondary N) is 1. The summed E-state index contributed by atoms with van der Waals surface area (Å²) in [6, 6.07) is 5.49. The standard InChI is InChI=1S/C14H18N2O5/c1-20-10-5-3-9(4-6-10)15-14(19)16-8-11(21-2)7-12(16)13(17)18/h3-6,11-12H,7-8H2,1-2H3,(H,15,19)(H,17,18). The van der Waals surface area contributed by atoms with E-state index in [1.165, 1.54) is 12.0 Å². The molecule has 1 aliphatic rings. The Balaban J connectivity index is 2.05. The molecule has 1 aliphatic heterocycles. The average Bonchev–Trinajstić information content (AvgIpc) is 2.92. The highest BCUT2D eigenvalue weighted by molar-refractivity contribution is 5.92. The van der Waals surface area contributed by atoms with Crippen molar-refractivity contribution in [2.24, 2.45) is 0 Å². The normalized spacial score (nSPS) is 21.1. The summed E-state index contributed by atoms with van der Waals surface area (Å²) in [6.07, 6.45) is 0.0368. The molecule has 7 heteroatoms. The maximum absolute atomic E-state index is 12.2. The van der Waals surface area contributed by atoms with E-state index in [2.05, 4.69) is 5.32 Å². The fourth-order valence-corrected chi connectivity index (χ4v) is 2.30. The number of rotatable bonds is 4. The van der Waals surface area contributed by atoms with Crippen molar-refractivity contribution in [2.75, 3.05) is 26.1 Å². The zero-order valence-electron chi connectivity index (χ0n) is 11.9. The maximum atomic E-state index is 12.2. The molecule has 0 aromatic heterocycles. The number of ether oxygens (including phenoxy) is 2. The van der Waals surface area contributed by atoms with E-state index in [0.717, 1.165) is 0 Å². The van der Waals surface area contributed by atoms with Gasteiger partial charge in [0.05, 0.1) is 13.2 Å². The number of amides is 2. The summed E-state index contributed by atoms with van der Waals surface area (Å²) in [5, 5.41) is 11.9. The van der Waals surface area contributed by atoms with Gasteiger partial charge in [0.1, 0.15) is 11.8 Å². The number of carbonyl (C=O) groups excluding carboxylic acids is 1. The molecule has 2 rings (SSSR count). The number of anilines is 1. The van der Waals surface area contributed by atoms with Gasteiger partial charge in [0.25, 0.3) is 0 Å². The first-order chi connectivity index (χ1) is 10.0. The summed E-state index contributed by atoms with van der Waals surface area (Å²) in [6.45, 7) is 0.259. The number of likely N-dealkylation sites (tertiary alicyclic amines) is 1. The Bertz CT molecular complexity index is 517. The molecular weight excluding hydrogens is 276 g/mol. The minimum Gasteiger partial charge on any atom is -0.497 e. The van der Waals surface area contributed by atoms with Crippen LogP contribution < -0.4 is 10.1 Å². The lowest BCUT2D eigenvalue weighted by Crippen LogP contribution is -2.43. The first-order valence-corrected chi connectivity index (χ1v) is 6.52. The van der Waals surface area contributed by atoms with Gasteiger partial charge in [-0.15, -0.1) is 0 Å². The quantitative estimate of drug-likeness (QED) is 0.876. The number of aliphatic carboxylic acids is 1. The molecular formula is C14H18N2O5. The lowest BCUT2D eigenvalue weighted by Gasteiger charge is -2.21. The van der Waals surface area contributed by atoms with Crippen LogP contribution in [0.25, 0.3) is 0 Å². The van der Waals surface area contributed by atoms with E-state index >= 15 is 0 Å². The molecule has 7 nitrogen and oxygen atoms in total. The molecule has 0 bridgehead atoms. The summed E-state index contributed by atoms with van der Waals surface area (Å²) >= 11 is 0. The van der Waals surface area contributed by atoms with Crippen molar-refractivity contribution in [3.05, 3.63) is 24.3 Å². The Morgan fingerprint density at radius 2 is 1.95 bits per heavy atom. The molecule has 21 heavy (non-hydrogen) atoms. The Morgan fingerprint density at radius 3 is 2.48 bits per heavy atom. The topological polar surface area (TPSA) is 88.1 Å². The van der Waals surface area contributed by atoms with Crippen LogP contribution in [-0.4, -0.2) is 54.9 Å². The zero-order valence-corrected chi connectivity index (χ0v) is 11.9. The van der Waals surface area contributed by atoms with Gasteiger partial charge in [-0.2, -0.15) is 0 Å². The summed E-state index contributed by atoms with van der Waals surface area (Å²) in [5.74, 6) is -0.350. The molecule has 2 unspecified atom stereocenters. The molecule has 114 valence electrons. The monoisotopic (exact) mass is 294 g/mol. The van der Waals surface area contributed by atoms with E-state index in [-0.39, 0.29) is 12.6 Å². The van der Waals surface area contributed by atoms with Crippen LogP contribution in [0.1, 0.15) is 6.42 Å². The fraction of sp³-hybridized carbons (Fsp3) is 0.429. The van der Waals surface area contributed by atoms with Gasteiger partial charge in [-0.1, -0.05) is 0 Å². The smallest absolute Gasteiger partial charge is 0.326 e. The van der Waals surface area contributed by atoms with Crippen LogP contribution in [0.4, 0.5) is 10.5 Å². The summed E-state index contributed by atoms with van der Waals surface area (Å²) in [7, 11) is 3.06. The molecule has 1 aromatic rings. The van der Waals surface area contributed by atoms with Crippen LogP contribution in [0.3, 0.4) is 0 Å². The molecule has 0 aliphatic carbocycles. The van der Waals surface area contributed by atoms with E-state index < -0.39 is 18.0 Å². The maximum Gasteiger partial charge on any atom is 0.326 e. The van der Waals surface area contributed by atoms with Crippen molar-refractivity contribution in [3.63, 3.8) is 0 Å². The van der Waals surface area contributed by atoms with Gasteiger partial charge in [-0.25, -0.2) is 9.59 Å². The minimum atomic E-state index is -1.03. The highest BCUT2D eigenvalue weighted by atomic mass is 16.5. The van der Waals surface area contributed by atoms with Gasteiger partial charge in [-0.05, 0) is 24.3 Å². The third-order valence-electron chi connectivity index (χ3n) is 3.48. The summed E-state index contributed by atoms with van der Waals surface area (Å²) in [5.41, 5.74) is 0.575. The second kappa shape index (κ2) is 6.45. The third-order valence-corrected chi connectivity index (χ3v) is 3.48. The number of carboxylic acids is 1. The first-order valence-electron chi connectivity index (χ1n) is 6.52. The van der Waals surface area contributed by atoms with Crippen molar-refractivity contribution in [1.29, 1.82) is 0 Å². The Kier molecular flexibility index (Phi) is 4.64. The van der Waals surface area contributed by atoms with E-state index in [4.69, 9.17) is 9.47 Å². The minimum absolute atomic E-state index is 0.257. The highest BCUT2D eigenvalue weighted by Crippen LogP contribution is 2.22. The molecule has 1 heterocycles. The number of urea groups is 1. The number of carboxylic acid groups (broad SMARTS) is 1. The summed E-state index contributed by atoms with van der Waals surface area (Å²) in [4.78, 5) is 24.7. The molecule has 1 aromatic carbocycles. The highest BCUT2D eigenvalue weighted by Gasteiger charge is 2.39. The predicted octanol–water partition coefficient (Wildman–Crippen LogP) is 1.40. The van der Waals surface area contributed by atoms with Gasteiger partial charge >= 0.3 is 12.0 Å². The predicted molar refractivity (Wildman–Crippen MR) is 75.6 cm³/mol. The molecule has 0 spiro atoms. The van der Waals surface area contributed by atoms with E-state index in [1.807, 2.05) is 0 Å². The average molecular weight is 294 g/mol. The Labute approximate surface area is 122 Å². The molecule has 2 N–H and O–H groups in total. The second-order valence-corrected chi connectivity index (χ2v) is 4.76. The van der Waals surface area contributed by atoms with Crippen molar-refractivity contribution in [1.82, 2.24) is 4.90 Å².